The number of aliphatic hydroxyl groups excluding tert-OH is 5. The Morgan fingerprint density at radius 1 is 1.15 bits per heavy atom. The van der Waals surface area contributed by atoms with Crippen LogP contribution in [0.3, 0.4) is 0 Å². The van der Waals surface area contributed by atoms with Crippen molar-refractivity contribution in [3.63, 3.8) is 0 Å². The predicted molar refractivity (Wildman–Crippen MR) is 86.8 cm³/mol. The van der Waals surface area contributed by atoms with Gasteiger partial charge in [-0.05, 0) is 19.8 Å². The second-order valence-electron chi connectivity index (χ2n) is 6.46. The summed E-state index contributed by atoms with van der Waals surface area (Å²) in [5.41, 5.74) is -2.11. The van der Waals surface area contributed by atoms with E-state index in [1.807, 2.05) is 0 Å². The van der Waals surface area contributed by atoms with Gasteiger partial charge in [0.2, 0.25) is 0 Å². The Bertz CT molecular complexity index is 445. The summed E-state index contributed by atoms with van der Waals surface area (Å²) < 4.78 is 15.4. The smallest absolute Gasteiger partial charge is 0.340 e. The van der Waals surface area contributed by atoms with Gasteiger partial charge in [-0.15, -0.1) is 0 Å². The molecule has 1 aliphatic heterocycles. The lowest BCUT2D eigenvalue weighted by molar-refractivity contribution is -0.305. The Hall–Kier alpha value is -0.850. The van der Waals surface area contributed by atoms with Gasteiger partial charge in [0, 0.05) is 0 Å². The molecule has 1 rings (SSSR count). The zero-order chi connectivity index (χ0) is 20.1. The van der Waals surface area contributed by atoms with E-state index in [4.69, 9.17) is 14.2 Å². The Kier molecular flexibility index (Phi) is 8.83. The molecule has 0 saturated carbocycles. The van der Waals surface area contributed by atoms with Gasteiger partial charge < -0.3 is 44.8 Å². The zero-order valence-electron chi connectivity index (χ0n) is 15.2. The molecule has 0 bridgehead atoms. The Morgan fingerprint density at radius 3 is 2.27 bits per heavy atom. The second-order valence-corrected chi connectivity index (χ2v) is 6.46. The summed E-state index contributed by atoms with van der Waals surface area (Å²) in [6, 6.07) is 0. The van der Waals surface area contributed by atoms with Crippen LogP contribution in [0.5, 0.6) is 0 Å². The lowest BCUT2D eigenvalue weighted by atomic mass is 9.95. The topological polar surface area (TPSA) is 166 Å². The van der Waals surface area contributed by atoms with Crippen LogP contribution in [0.25, 0.3) is 0 Å². The minimum atomic E-state index is -2.11. The number of carbonyl (C=O) groups excluding carboxylic acids is 1. The van der Waals surface area contributed by atoms with Gasteiger partial charge in [-0.2, -0.15) is 0 Å². The SMILES string of the molecule is CCC(O)COC1OC(COC(=O)C(O)(CC)C(C)O)C(O)C(O)C1O. The van der Waals surface area contributed by atoms with Gasteiger partial charge in [-0.1, -0.05) is 13.8 Å². The molecule has 1 heterocycles. The molecule has 10 nitrogen and oxygen atoms in total. The first-order valence-corrected chi connectivity index (χ1v) is 8.65. The third kappa shape index (κ3) is 5.33. The highest BCUT2D eigenvalue weighted by atomic mass is 16.7. The Labute approximate surface area is 151 Å². The van der Waals surface area contributed by atoms with E-state index >= 15 is 0 Å². The second kappa shape index (κ2) is 9.90. The molecule has 1 fully saturated rings. The van der Waals surface area contributed by atoms with Gasteiger partial charge in [-0.3, -0.25) is 0 Å². The van der Waals surface area contributed by atoms with E-state index < -0.39 is 61.1 Å². The van der Waals surface area contributed by atoms with Gasteiger partial charge in [-0.25, -0.2) is 4.79 Å². The summed E-state index contributed by atoms with van der Waals surface area (Å²) in [5.74, 6) is -1.11. The van der Waals surface area contributed by atoms with Crippen LogP contribution in [-0.4, -0.2) is 98.3 Å². The molecule has 26 heavy (non-hydrogen) atoms. The Balaban J connectivity index is 2.71. The molecule has 1 saturated heterocycles. The van der Waals surface area contributed by atoms with Gasteiger partial charge in [0.05, 0.1) is 18.8 Å². The normalized spacial score (nSPS) is 34.0. The van der Waals surface area contributed by atoms with Gasteiger partial charge >= 0.3 is 5.97 Å². The zero-order valence-corrected chi connectivity index (χ0v) is 15.2. The third-order valence-electron chi connectivity index (χ3n) is 4.55. The fraction of sp³-hybridized carbons (Fsp3) is 0.938. The largest absolute Gasteiger partial charge is 0.461 e. The lowest BCUT2D eigenvalue weighted by Crippen LogP contribution is -2.60. The molecular formula is C16H30O10. The van der Waals surface area contributed by atoms with Gasteiger partial charge in [0.1, 0.15) is 31.0 Å². The van der Waals surface area contributed by atoms with Crippen molar-refractivity contribution in [1.82, 2.24) is 0 Å². The fourth-order valence-electron chi connectivity index (χ4n) is 2.41. The van der Waals surface area contributed by atoms with Gasteiger partial charge in [0.15, 0.2) is 11.9 Å². The molecule has 0 aromatic carbocycles. The molecule has 0 aliphatic carbocycles. The maximum absolute atomic E-state index is 12.0. The summed E-state index contributed by atoms with van der Waals surface area (Å²) in [7, 11) is 0. The highest BCUT2D eigenvalue weighted by Gasteiger charge is 2.46. The van der Waals surface area contributed by atoms with Crippen LogP contribution in [-0.2, 0) is 19.0 Å². The quantitative estimate of drug-likeness (QED) is 0.238. The number of hydrogen-bond donors (Lipinski definition) is 6. The molecule has 0 spiro atoms. The van der Waals surface area contributed by atoms with Crippen molar-refractivity contribution >= 4 is 5.97 Å². The van der Waals surface area contributed by atoms with Crippen molar-refractivity contribution in [3.05, 3.63) is 0 Å². The molecule has 0 aromatic rings. The maximum Gasteiger partial charge on any atom is 0.340 e. The van der Waals surface area contributed by atoms with Crippen molar-refractivity contribution in [2.24, 2.45) is 0 Å². The number of aliphatic hydroxyl groups is 6. The van der Waals surface area contributed by atoms with Crippen LogP contribution in [0.4, 0.5) is 0 Å². The molecule has 0 amide bonds. The van der Waals surface area contributed by atoms with Crippen LogP contribution in [0.2, 0.25) is 0 Å². The standard InChI is InChI=1S/C16H30O10/c1-4-9(18)6-24-14-13(21)12(20)11(19)10(26-14)7-25-15(22)16(23,5-2)8(3)17/h8-14,17-21,23H,4-7H2,1-3H3. The first-order chi connectivity index (χ1) is 12.1. The van der Waals surface area contributed by atoms with Crippen LogP contribution in [0, 0.1) is 0 Å². The minimum Gasteiger partial charge on any atom is -0.461 e. The van der Waals surface area contributed by atoms with Crippen LogP contribution in [0.15, 0.2) is 0 Å². The van der Waals surface area contributed by atoms with Crippen molar-refractivity contribution in [1.29, 1.82) is 0 Å². The molecule has 10 heteroatoms. The van der Waals surface area contributed by atoms with E-state index in [9.17, 15) is 35.4 Å². The summed E-state index contributed by atoms with van der Waals surface area (Å²) in [6.45, 7) is 3.74. The number of ether oxygens (including phenoxy) is 3. The van der Waals surface area contributed by atoms with E-state index in [-0.39, 0.29) is 13.0 Å². The summed E-state index contributed by atoms with van der Waals surface area (Å²) in [4.78, 5) is 12.0. The highest BCUT2D eigenvalue weighted by molar-refractivity contribution is 5.80. The van der Waals surface area contributed by atoms with E-state index in [0.29, 0.717) is 6.42 Å². The third-order valence-corrected chi connectivity index (χ3v) is 4.55. The van der Waals surface area contributed by atoms with Crippen LogP contribution < -0.4 is 0 Å². The predicted octanol–water partition coefficient (Wildman–Crippen LogP) is -2.35. The Morgan fingerprint density at radius 2 is 1.77 bits per heavy atom. The molecular weight excluding hydrogens is 352 g/mol. The summed E-state index contributed by atoms with van der Waals surface area (Å²) >= 11 is 0. The van der Waals surface area contributed by atoms with E-state index in [0.717, 1.165) is 0 Å². The monoisotopic (exact) mass is 382 g/mol. The van der Waals surface area contributed by atoms with Crippen molar-refractivity contribution in [2.45, 2.75) is 82.1 Å². The molecule has 0 radical (unpaired) electrons. The first-order valence-electron chi connectivity index (χ1n) is 8.65. The van der Waals surface area contributed by atoms with Crippen molar-refractivity contribution < 1.29 is 49.6 Å². The molecule has 154 valence electrons. The number of carbonyl (C=O) groups is 1. The average Bonchev–Trinajstić information content (AvgIpc) is 2.63. The summed E-state index contributed by atoms with van der Waals surface area (Å²) in [6.07, 6.45) is -9.22. The number of esters is 1. The fourth-order valence-corrected chi connectivity index (χ4v) is 2.41. The molecule has 1 aliphatic rings. The average molecular weight is 382 g/mol. The van der Waals surface area contributed by atoms with Crippen LogP contribution >= 0.6 is 0 Å². The summed E-state index contributed by atoms with van der Waals surface area (Å²) in [5, 5.41) is 59.0. The van der Waals surface area contributed by atoms with Gasteiger partial charge in [0.25, 0.3) is 0 Å². The molecule has 6 N–H and O–H groups in total. The van der Waals surface area contributed by atoms with Crippen molar-refractivity contribution in [2.75, 3.05) is 13.2 Å². The molecule has 8 unspecified atom stereocenters. The molecule has 0 aromatic heterocycles. The lowest BCUT2D eigenvalue weighted by Gasteiger charge is -2.40. The minimum absolute atomic E-state index is 0.0977. The van der Waals surface area contributed by atoms with E-state index in [2.05, 4.69) is 0 Å². The number of hydrogen-bond acceptors (Lipinski definition) is 10. The highest BCUT2D eigenvalue weighted by Crippen LogP contribution is 2.24. The number of rotatable bonds is 9. The van der Waals surface area contributed by atoms with E-state index in [1.165, 1.54) is 13.8 Å². The van der Waals surface area contributed by atoms with E-state index in [1.54, 1.807) is 6.92 Å². The van der Waals surface area contributed by atoms with Crippen molar-refractivity contribution in [3.8, 4) is 0 Å². The molecule has 8 atom stereocenters. The van der Waals surface area contributed by atoms with Crippen LogP contribution in [0.1, 0.15) is 33.6 Å². The first kappa shape index (κ1) is 23.2. The maximum atomic E-state index is 12.0.